The van der Waals surface area contributed by atoms with Gasteiger partial charge in [-0.05, 0) is 18.6 Å². The molecule has 0 bridgehead atoms. The number of ether oxygens (including phenoxy) is 1. The van der Waals surface area contributed by atoms with Crippen LogP contribution in [0, 0.1) is 0 Å². The van der Waals surface area contributed by atoms with Gasteiger partial charge >= 0.3 is 5.97 Å². The number of aromatic nitrogens is 2. The van der Waals surface area contributed by atoms with Gasteiger partial charge in [0.25, 0.3) is 0 Å². The highest BCUT2D eigenvalue weighted by Gasteiger charge is 2.18. The van der Waals surface area contributed by atoms with Gasteiger partial charge in [0.1, 0.15) is 5.56 Å². The van der Waals surface area contributed by atoms with Crippen molar-refractivity contribution in [1.82, 2.24) is 9.78 Å². The zero-order valence-corrected chi connectivity index (χ0v) is 13.1. The topological polar surface area (TPSA) is 73.2 Å². The summed E-state index contributed by atoms with van der Waals surface area (Å²) in [4.78, 5) is 23.2. The predicted octanol–water partition coefficient (Wildman–Crippen LogP) is 2.72. The number of anilines is 1. The lowest BCUT2D eigenvalue weighted by molar-refractivity contribution is -0.114. The first kappa shape index (κ1) is 16.0. The van der Waals surface area contributed by atoms with Crippen molar-refractivity contribution < 1.29 is 14.3 Å². The van der Waals surface area contributed by atoms with Crippen LogP contribution in [-0.4, -0.2) is 28.3 Å². The molecule has 1 aromatic carbocycles. The molecule has 0 atom stereocenters. The normalized spacial score (nSPS) is 10.3. The largest absolute Gasteiger partial charge is 0.462 e. The lowest BCUT2D eigenvalue weighted by Gasteiger charge is -2.03. The van der Waals surface area contributed by atoms with Crippen molar-refractivity contribution >= 4 is 29.3 Å². The summed E-state index contributed by atoms with van der Waals surface area (Å²) < 4.78 is 6.51. The molecule has 0 fully saturated rings. The molecule has 1 N–H and O–H groups in total. The maximum absolute atomic E-state index is 11.9. The summed E-state index contributed by atoms with van der Waals surface area (Å²) in [5, 5.41) is 7.35. The fourth-order valence-corrected chi connectivity index (χ4v) is 2.12. The molecule has 1 amide bonds. The quantitative estimate of drug-likeness (QED) is 0.859. The molecule has 1 heterocycles. The maximum Gasteiger partial charge on any atom is 0.343 e. The van der Waals surface area contributed by atoms with E-state index in [-0.39, 0.29) is 23.9 Å². The van der Waals surface area contributed by atoms with Gasteiger partial charge in [0.05, 0.1) is 13.2 Å². The molecule has 0 aliphatic rings. The fraction of sp³-hybridized carbons (Fsp3) is 0.267. The second kappa shape index (κ2) is 7.09. The second-order valence-corrected chi connectivity index (χ2v) is 4.99. The summed E-state index contributed by atoms with van der Waals surface area (Å²) in [5.74, 6) is -0.664. The van der Waals surface area contributed by atoms with Gasteiger partial charge in [-0.2, -0.15) is 5.10 Å². The van der Waals surface area contributed by atoms with E-state index in [9.17, 15) is 9.59 Å². The molecule has 0 spiro atoms. The third-order valence-corrected chi connectivity index (χ3v) is 3.21. The molecule has 7 heteroatoms. The number of nitrogens with zero attached hydrogens (tertiary/aromatic N) is 2. The van der Waals surface area contributed by atoms with Crippen LogP contribution in [0.5, 0.6) is 0 Å². The Labute approximate surface area is 133 Å². The summed E-state index contributed by atoms with van der Waals surface area (Å²) in [7, 11) is 0. The molecule has 0 aliphatic carbocycles. The number of carbonyl (C=O) groups excluding carboxylic acids is 2. The van der Waals surface area contributed by atoms with Crippen molar-refractivity contribution in [3.8, 4) is 0 Å². The molecule has 0 saturated carbocycles. The number of benzene rings is 1. The van der Waals surface area contributed by atoms with Crippen molar-refractivity contribution in [3.05, 3.63) is 46.6 Å². The Morgan fingerprint density at radius 1 is 1.36 bits per heavy atom. The minimum Gasteiger partial charge on any atom is -0.462 e. The van der Waals surface area contributed by atoms with Crippen LogP contribution in [0.2, 0.25) is 5.02 Å². The Kier molecular flexibility index (Phi) is 5.16. The van der Waals surface area contributed by atoms with Crippen molar-refractivity contribution in [2.24, 2.45) is 0 Å². The number of hydrogen-bond donors (Lipinski definition) is 1. The molecule has 6 nitrogen and oxygen atoms in total. The van der Waals surface area contributed by atoms with Gasteiger partial charge in [-0.1, -0.05) is 29.8 Å². The summed E-state index contributed by atoms with van der Waals surface area (Å²) in [6.45, 7) is 3.69. The third kappa shape index (κ3) is 3.85. The van der Waals surface area contributed by atoms with Crippen LogP contribution in [0.4, 0.5) is 5.82 Å². The lowest BCUT2D eigenvalue weighted by Crippen LogP contribution is -2.12. The first-order valence-electron chi connectivity index (χ1n) is 6.76. The number of halogens is 1. The van der Waals surface area contributed by atoms with Crippen LogP contribution >= 0.6 is 11.6 Å². The molecule has 0 saturated heterocycles. The Bertz CT molecular complexity index is 697. The predicted molar refractivity (Wildman–Crippen MR) is 83.0 cm³/mol. The van der Waals surface area contributed by atoms with E-state index >= 15 is 0 Å². The Hall–Kier alpha value is -2.34. The second-order valence-electron chi connectivity index (χ2n) is 4.58. The molecule has 0 unspecified atom stereocenters. The minimum absolute atomic E-state index is 0.179. The third-order valence-electron chi connectivity index (χ3n) is 2.84. The SMILES string of the molecule is CCOC(=O)c1cn(Cc2ccccc2Cl)nc1NC(C)=O. The number of nitrogens with one attached hydrogen (secondary N) is 1. The number of esters is 1. The number of hydrogen-bond acceptors (Lipinski definition) is 4. The molecular weight excluding hydrogens is 306 g/mol. The average molecular weight is 322 g/mol. The standard InChI is InChI=1S/C15H16ClN3O3/c1-3-22-15(21)12-9-19(18-14(12)17-10(2)20)8-11-6-4-5-7-13(11)16/h4-7,9H,3,8H2,1-2H3,(H,17,18,20). The van der Waals surface area contributed by atoms with E-state index in [1.54, 1.807) is 17.7 Å². The molecule has 0 aliphatic heterocycles. The molecule has 116 valence electrons. The highest BCUT2D eigenvalue weighted by molar-refractivity contribution is 6.31. The smallest absolute Gasteiger partial charge is 0.343 e. The Balaban J connectivity index is 2.31. The van der Waals surface area contributed by atoms with Gasteiger partial charge < -0.3 is 10.1 Å². The number of amides is 1. The van der Waals surface area contributed by atoms with Gasteiger partial charge in [-0.15, -0.1) is 0 Å². The van der Waals surface area contributed by atoms with E-state index in [0.29, 0.717) is 11.6 Å². The van der Waals surface area contributed by atoms with Gasteiger partial charge in [0.15, 0.2) is 5.82 Å². The van der Waals surface area contributed by atoms with Crippen LogP contribution in [-0.2, 0) is 16.1 Å². The maximum atomic E-state index is 11.9. The van der Waals surface area contributed by atoms with Gasteiger partial charge in [-0.25, -0.2) is 4.79 Å². The van der Waals surface area contributed by atoms with Gasteiger partial charge in [0, 0.05) is 18.1 Å². The highest BCUT2D eigenvalue weighted by Crippen LogP contribution is 2.19. The van der Waals surface area contributed by atoms with Crippen molar-refractivity contribution in [3.63, 3.8) is 0 Å². The van der Waals surface area contributed by atoms with Crippen molar-refractivity contribution in [2.75, 3.05) is 11.9 Å². The number of carbonyl (C=O) groups is 2. The highest BCUT2D eigenvalue weighted by atomic mass is 35.5. The van der Waals surface area contributed by atoms with E-state index in [1.165, 1.54) is 13.1 Å². The Morgan fingerprint density at radius 2 is 2.09 bits per heavy atom. The zero-order chi connectivity index (χ0) is 16.1. The minimum atomic E-state index is -0.531. The van der Waals surface area contributed by atoms with Crippen LogP contribution in [0.15, 0.2) is 30.5 Å². The van der Waals surface area contributed by atoms with Gasteiger partial charge in [-0.3, -0.25) is 9.48 Å². The van der Waals surface area contributed by atoms with Crippen molar-refractivity contribution in [2.45, 2.75) is 20.4 Å². The molecule has 2 rings (SSSR count). The van der Waals surface area contributed by atoms with E-state index in [1.807, 2.05) is 18.2 Å². The summed E-state index contributed by atoms with van der Waals surface area (Å²) >= 11 is 6.11. The van der Waals surface area contributed by atoms with Crippen molar-refractivity contribution in [1.29, 1.82) is 0 Å². The lowest BCUT2D eigenvalue weighted by atomic mass is 10.2. The van der Waals surface area contributed by atoms with E-state index in [4.69, 9.17) is 16.3 Å². The van der Waals surface area contributed by atoms with E-state index in [2.05, 4.69) is 10.4 Å². The van der Waals surface area contributed by atoms with Crippen LogP contribution in [0.3, 0.4) is 0 Å². The Morgan fingerprint density at radius 3 is 2.73 bits per heavy atom. The summed E-state index contributed by atoms with van der Waals surface area (Å²) in [6, 6.07) is 7.35. The summed E-state index contributed by atoms with van der Waals surface area (Å²) in [6.07, 6.45) is 1.53. The first-order chi connectivity index (χ1) is 10.5. The molecular formula is C15H16ClN3O3. The summed E-state index contributed by atoms with van der Waals surface area (Å²) in [5.41, 5.74) is 1.07. The fourth-order valence-electron chi connectivity index (χ4n) is 1.92. The van der Waals surface area contributed by atoms with E-state index in [0.717, 1.165) is 5.56 Å². The van der Waals surface area contributed by atoms with Crippen LogP contribution in [0.25, 0.3) is 0 Å². The van der Waals surface area contributed by atoms with E-state index < -0.39 is 5.97 Å². The van der Waals surface area contributed by atoms with Crippen LogP contribution in [0.1, 0.15) is 29.8 Å². The molecule has 22 heavy (non-hydrogen) atoms. The first-order valence-corrected chi connectivity index (χ1v) is 7.14. The van der Waals surface area contributed by atoms with Gasteiger partial charge in [0.2, 0.25) is 5.91 Å². The molecule has 2 aromatic rings. The average Bonchev–Trinajstić information content (AvgIpc) is 2.83. The monoisotopic (exact) mass is 321 g/mol. The molecule has 1 aromatic heterocycles. The zero-order valence-electron chi connectivity index (χ0n) is 12.3. The number of rotatable bonds is 5. The molecule has 0 radical (unpaired) electrons. The van der Waals surface area contributed by atoms with Crippen LogP contribution < -0.4 is 5.32 Å².